The molecule has 1 atom stereocenters. The van der Waals surface area contributed by atoms with Gasteiger partial charge in [0.05, 0.1) is 16.1 Å². The van der Waals surface area contributed by atoms with Crippen LogP contribution in [0.5, 0.6) is 0 Å². The van der Waals surface area contributed by atoms with Gasteiger partial charge in [0, 0.05) is 22.9 Å². The van der Waals surface area contributed by atoms with Crippen LogP contribution in [0, 0.1) is 17.0 Å². The highest BCUT2D eigenvalue weighted by Gasteiger charge is 2.31. The number of carbonyl (C=O) groups excluding carboxylic acids is 2. The molecule has 170 valence electrons. The number of nitro benzene ring substituents is 1. The van der Waals surface area contributed by atoms with Crippen molar-refractivity contribution in [3.63, 3.8) is 0 Å². The van der Waals surface area contributed by atoms with E-state index >= 15 is 0 Å². The first kappa shape index (κ1) is 23.5. The van der Waals surface area contributed by atoms with Crippen LogP contribution in [0.3, 0.4) is 0 Å². The number of nitrogens with one attached hydrogen (secondary N) is 1. The van der Waals surface area contributed by atoms with E-state index in [4.69, 9.17) is 4.74 Å². The molecule has 0 heterocycles. The normalized spacial score (nSPS) is 12.0. The fourth-order valence-corrected chi connectivity index (χ4v) is 3.04. The Labute approximate surface area is 186 Å². The number of nitro groups is 1. The molecular weight excluding hydrogens is 441 g/mol. The van der Waals surface area contributed by atoms with Gasteiger partial charge < -0.3 is 10.1 Å². The minimum atomic E-state index is -4.60. The van der Waals surface area contributed by atoms with Crippen molar-refractivity contribution in [2.75, 3.05) is 5.32 Å². The maximum Gasteiger partial charge on any atom is 0.416 e. The van der Waals surface area contributed by atoms with Crippen LogP contribution in [-0.4, -0.2) is 16.8 Å². The smallest absolute Gasteiger partial charge is 0.416 e. The van der Waals surface area contributed by atoms with Crippen LogP contribution in [-0.2, 0) is 15.7 Å². The predicted octanol–water partition coefficient (Wildman–Crippen LogP) is 5.46. The number of ether oxygens (including phenoxy) is 1. The topological polar surface area (TPSA) is 98.5 Å². The summed E-state index contributed by atoms with van der Waals surface area (Å²) in [6.07, 6.45) is -6.08. The van der Waals surface area contributed by atoms with Gasteiger partial charge in [-0.15, -0.1) is 0 Å². The number of halogens is 3. The van der Waals surface area contributed by atoms with Crippen LogP contribution < -0.4 is 5.32 Å². The van der Waals surface area contributed by atoms with Crippen molar-refractivity contribution in [1.82, 2.24) is 0 Å². The second kappa shape index (κ2) is 9.51. The number of carbonyl (C=O) groups is 2. The minimum absolute atomic E-state index is 0.0223. The average molecular weight is 458 g/mol. The molecule has 3 rings (SSSR count). The monoisotopic (exact) mass is 458 g/mol. The lowest BCUT2D eigenvalue weighted by Gasteiger charge is -2.19. The van der Waals surface area contributed by atoms with Gasteiger partial charge in [0.15, 0.2) is 0 Å². The van der Waals surface area contributed by atoms with E-state index in [-0.39, 0.29) is 28.1 Å². The lowest BCUT2D eigenvalue weighted by atomic mass is 10.1. The molecular formula is C23H17F3N2O5. The summed E-state index contributed by atoms with van der Waals surface area (Å²) in [6.45, 7) is 1.45. The van der Waals surface area contributed by atoms with Gasteiger partial charge in [-0.05, 0) is 37.3 Å². The van der Waals surface area contributed by atoms with Crippen molar-refractivity contribution in [3.8, 4) is 0 Å². The molecule has 0 bridgehead atoms. The minimum Gasteiger partial charge on any atom is -0.444 e. The second-order valence-electron chi connectivity index (χ2n) is 7.02. The summed E-state index contributed by atoms with van der Waals surface area (Å²) < 4.78 is 44.3. The summed E-state index contributed by atoms with van der Waals surface area (Å²) >= 11 is 0. The van der Waals surface area contributed by atoms with Gasteiger partial charge in [0.2, 0.25) is 6.10 Å². The van der Waals surface area contributed by atoms with Crippen molar-refractivity contribution in [2.45, 2.75) is 19.2 Å². The molecule has 0 saturated heterocycles. The SMILES string of the molecule is Cc1cc(C(=O)OC(C(=O)Nc2cccc(C(F)(F)F)c2)c2ccccc2)ccc1[N+](=O)[O-]. The summed E-state index contributed by atoms with van der Waals surface area (Å²) in [5.41, 5.74) is -0.777. The molecule has 0 radical (unpaired) electrons. The van der Waals surface area contributed by atoms with Crippen molar-refractivity contribution in [2.24, 2.45) is 0 Å². The maximum absolute atomic E-state index is 13.0. The van der Waals surface area contributed by atoms with Crippen LogP contribution in [0.25, 0.3) is 0 Å². The van der Waals surface area contributed by atoms with Gasteiger partial charge in [0.1, 0.15) is 0 Å². The van der Waals surface area contributed by atoms with Crippen LogP contribution in [0.1, 0.15) is 33.2 Å². The van der Waals surface area contributed by atoms with Gasteiger partial charge in [-0.25, -0.2) is 4.79 Å². The Morgan fingerprint density at radius 1 is 1.00 bits per heavy atom. The Morgan fingerprint density at radius 3 is 2.30 bits per heavy atom. The van der Waals surface area contributed by atoms with E-state index in [1.54, 1.807) is 18.2 Å². The maximum atomic E-state index is 13.0. The van der Waals surface area contributed by atoms with Gasteiger partial charge in [0.25, 0.3) is 11.6 Å². The fraction of sp³-hybridized carbons (Fsp3) is 0.130. The van der Waals surface area contributed by atoms with Crippen molar-refractivity contribution in [1.29, 1.82) is 0 Å². The van der Waals surface area contributed by atoms with Crippen molar-refractivity contribution >= 4 is 23.3 Å². The molecule has 0 spiro atoms. The fourth-order valence-electron chi connectivity index (χ4n) is 3.04. The van der Waals surface area contributed by atoms with Crippen LogP contribution in [0.2, 0.25) is 0 Å². The first-order chi connectivity index (χ1) is 15.6. The highest BCUT2D eigenvalue weighted by Crippen LogP contribution is 2.31. The highest BCUT2D eigenvalue weighted by atomic mass is 19.4. The second-order valence-corrected chi connectivity index (χ2v) is 7.02. The van der Waals surface area contributed by atoms with E-state index in [1.165, 1.54) is 37.3 Å². The first-order valence-corrected chi connectivity index (χ1v) is 9.55. The number of nitrogens with zero attached hydrogens (tertiary/aromatic N) is 1. The van der Waals surface area contributed by atoms with Gasteiger partial charge in [-0.3, -0.25) is 14.9 Å². The predicted molar refractivity (Wildman–Crippen MR) is 113 cm³/mol. The zero-order valence-electron chi connectivity index (χ0n) is 17.1. The summed E-state index contributed by atoms with van der Waals surface area (Å²) in [5.74, 6) is -1.80. The van der Waals surface area contributed by atoms with Crippen molar-refractivity contribution < 1.29 is 32.4 Å². The molecule has 33 heavy (non-hydrogen) atoms. The summed E-state index contributed by atoms with van der Waals surface area (Å²) in [5, 5.41) is 13.3. The largest absolute Gasteiger partial charge is 0.444 e. The Balaban J connectivity index is 1.87. The molecule has 1 amide bonds. The van der Waals surface area contributed by atoms with E-state index < -0.39 is 34.6 Å². The zero-order chi connectivity index (χ0) is 24.2. The Hall–Kier alpha value is -4.21. The van der Waals surface area contributed by atoms with E-state index in [1.807, 2.05) is 0 Å². The molecule has 0 aliphatic carbocycles. The Bertz CT molecular complexity index is 1200. The number of hydrogen-bond acceptors (Lipinski definition) is 5. The van der Waals surface area contributed by atoms with Crippen LogP contribution >= 0.6 is 0 Å². The van der Waals surface area contributed by atoms with Gasteiger partial charge >= 0.3 is 12.1 Å². The lowest BCUT2D eigenvalue weighted by Crippen LogP contribution is -2.26. The quantitative estimate of drug-likeness (QED) is 0.301. The Morgan fingerprint density at radius 2 is 1.70 bits per heavy atom. The molecule has 1 N–H and O–H groups in total. The lowest BCUT2D eigenvalue weighted by molar-refractivity contribution is -0.385. The van der Waals surface area contributed by atoms with E-state index in [0.29, 0.717) is 0 Å². The molecule has 3 aromatic carbocycles. The number of amides is 1. The average Bonchev–Trinajstić information content (AvgIpc) is 2.77. The van der Waals surface area contributed by atoms with E-state index in [9.17, 15) is 32.9 Å². The molecule has 0 aromatic heterocycles. The van der Waals surface area contributed by atoms with Crippen LogP contribution in [0.4, 0.5) is 24.5 Å². The molecule has 0 aliphatic rings. The number of aryl methyl sites for hydroxylation is 1. The van der Waals surface area contributed by atoms with Gasteiger partial charge in [-0.2, -0.15) is 13.2 Å². The number of alkyl halides is 3. The molecule has 0 aliphatic heterocycles. The third kappa shape index (κ3) is 5.73. The molecule has 7 nitrogen and oxygen atoms in total. The highest BCUT2D eigenvalue weighted by molar-refractivity contribution is 5.98. The third-order valence-corrected chi connectivity index (χ3v) is 4.65. The van der Waals surface area contributed by atoms with E-state index in [0.717, 1.165) is 24.3 Å². The standard InChI is InChI=1S/C23H17F3N2O5/c1-14-12-16(10-11-19(14)28(31)32)22(30)33-20(15-6-3-2-4-7-15)21(29)27-18-9-5-8-17(13-18)23(24,25)26/h2-13,20H,1H3,(H,27,29). The summed E-state index contributed by atoms with van der Waals surface area (Å²) in [7, 11) is 0. The number of esters is 1. The number of hydrogen-bond donors (Lipinski definition) is 1. The Kier molecular flexibility index (Phi) is 6.76. The van der Waals surface area contributed by atoms with E-state index in [2.05, 4.69) is 5.32 Å². The third-order valence-electron chi connectivity index (χ3n) is 4.65. The summed E-state index contributed by atoms with van der Waals surface area (Å²) in [6, 6.07) is 15.6. The van der Waals surface area contributed by atoms with Crippen LogP contribution in [0.15, 0.2) is 72.8 Å². The molecule has 10 heteroatoms. The number of benzene rings is 3. The molecule has 0 fully saturated rings. The summed E-state index contributed by atoms with van der Waals surface area (Å²) in [4.78, 5) is 36.0. The molecule has 0 saturated carbocycles. The first-order valence-electron chi connectivity index (χ1n) is 9.55. The zero-order valence-corrected chi connectivity index (χ0v) is 17.1. The number of anilines is 1. The number of rotatable bonds is 6. The van der Waals surface area contributed by atoms with Crippen molar-refractivity contribution in [3.05, 3.63) is 105 Å². The molecule has 1 unspecified atom stereocenters. The molecule has 3 aromatic rings. The van der Waals surface area contributed by atoms with Gasteiger partial charge in [-0.1, -0.05) is 36.4 Å².